The lowest BCUT2D eigenvalue weighted by Gasteiger charge is -2.23. The number of carbonyl (C=O) groups excluding carboxylic acids is 1. The lowest BCUT2D eigenvalue weighted by atomic mass is 10.1. The largest absolute Gasteiger partial charge is 0.331 e. The Hall–Kier alpha value is -3.19. The van der Waals surface area contributed by atoms with Crippen molar-refractivity contribution in [3.8, 4) is 0 Å². The van der Waals surface area contributed by atoms with Gasteiger partial charge in [0.15, 0.2) is 0 Å². The molecule has 0 spiro atoms. The summed E-state index contributed by atoms with van der Waals surface area (Å²) in [4.78, 5) is 14.9. The molecule has 1 aliphatic carbocycles. The van der Waals surface area contributed by atoms with Crippen molar-refractivity contribution < 1.29 is 17.6 Å². The monoisotopic (exact) mass is 438 g/mol. The molecule has 7 heteroatoms. The highest BCUT2D eigenvalue weighted by atomic mass is 32.2. The number of hydrogen-bond acceptors (Lipinski definition) is 3. The molecule has 0 radical (unpaired) electrons. The summed E-state index contributed by atoms with van der Waals surface area (Å²) in [7, 11) is -3.76. The number of nitrogens with one attached hydrogen (secondary N) is 1. The van der Waals surface area contributed by atoms with E-state index in [2.05, 4.69) is 4.72 Å². The molecule has 160 valence electrons. The van der Waals surface area contributed by atoms with Gasteiger partial charge in [-0.1, -0.05) is 29.8 Å². The van der Waals surface area contributed by atoms with Gasteiger partial charge >= 0.3 is 0 Å². The fourth-order valence-electron chi connectivity index (χ4n) is 3.32. The number of hydrogen-bond donors (Lipinski definition) is 1. The minimum atomic E-state index is -3.76. The summed E-state index contributed by atoms with van der Waals surface area (Å²) in [6.07, 6.45) is 1.86. The number of rotatable bonds is 7. The van der Waals surface area contributed by atoms with Crippen molar-refractivity contribution in [3.05, 3.63) is 95.3 Å². The minimum absolute atomic E-state index is 0.0844. The zero-order chi connectivity index (χ0) is 22.0. The van der Waals surface area contributed by atoms with Crippen molar-refractivity contribution in [2.45, 2.75) is 37.2 Å². The van der Waals surface area contributed by atoms with E-state index in [1.807, 2.05) is 19.1 Å². The van der Waals surface area contributed by atoms with E-state index in [0.717, 1.165) is 24.0 Å². The minimum Gasteiger partial charge on any atom is -0.331 e. The Morgan fingerprint density at radius 3 is 2.16 bits per heavy atom. The first-order valence-corrected chi connectivity index (χ1v) is 11.6. The van der Waals surface area contributed by atoms with Crippen LogP contribution in [-0.2, 0) is 16.6 Å². The van der Waals surface area contributed by atoms with Gasteiger partial charge in [0.1, 0.15) is 5.82 Å². The van der Waals surface area contributed by atoms with E-state index < -0.39 is 10.0 Å². The Bertz CT molecular complexity index is 1170. The molecular weight excluding hydrogens is 415 g/mol. The van der Waals surface area contributed by atoms with Crippen molar-refractivity contribution in [2.75, 3.05) is 4.72 Å². The predicted octanol–water partition coefficient (Wildman–Crippen LogP) is 4.74. The lowest BCUT2D eigenvalue weighted by molar-refractivity contribution is 0.0730. The van der Waals surface area contributed by atoms with Crippen LogP contribution in [0.15, 0.2) is 77.7 Å². The van der Waals surface area contributed by atoms with E-state index in [1.165, 1.54) is 36.4 Å². The molecule has 5 nitrogen and oxygen atoms in total. The molecule has 0 heterocycles. The second-order valence-corrected chi connectivity index (χ2v) is 9.47. The number of aryl methyl sites for hydroxylation is 1. The topological polar surface area (TPSA) is 66.5 Å². The SMILES string of the molecule is Cc1ccc(NS(=O)(=O)c2ccc(C(=O)N(Cc3ccc(F)cc3)C3CC3)cc2)cc1. The van der Waals surface area contributed by atoms with Crippen LogP contribution in [0.1, 0.15) is 34.3 Å². The summed E-state index contributed by atoms with van der Waals surface area (Å²) in [5.74, 6) is -0.480. The number of benzene rings is 3. The quantitative estimate of drug-likeness (QED) is 0.579. The van der Waals surface area contributed by atoms with Gasteiger partial charge in [-0.2, -0.15) is 0 Å². The molecule has 31 heavy (non-hydrogen) atoms. The van der Waals surface area contributed by atoms with E-state index in [9.17, 15) is 17.6 Å². The van der Waals surface area contributed by atoms with Crippen LogP contribution in [-0.4, -0.2) is 25.3 Å². The molecular formula is C24H23FN2O3S. The molecule has 0 unspecified atom stereocenters. The van der Waals surface area contributed by atoms with Crippen molar-refractivity contribution in [3.63, 3.8) is 0 Å². The Labute approximate surface area is 181 Å². The van der Waals surface area contributed by atoms with Crippen molar-refractivity contribution >= 4 is 21.6 Å². The Morgan fingerprint density at radius 1 is 0.968 bits per heavy atom. The molecule has 0 aromatic heterocycles. The lowest BCUT2D eigenvalue weighted by Crippen LogP contribution is -2.32. The summed E-state index contributed by atoms with van der Waals surface area (Å²) in [6.45, 7) is 2.31. The van der Waals surface area contributed by atoms with E-state index in [4.69, 9.17) is 0 Å². The zero-order valence-electron chi connectivity index (χ0n) is 17.1. The molecule has 1 fully saturated rings. The standard InChI is InChI=1S/C24H23FN2O3S/c1-17-2-10-21(11-3-17)26-31(29,30)23-14-6-19(7-15-23)24(28)27(22-12-13-22)16-18-4-8-20(25)9-5-18/h2-11,14-15,22,26H,12-13,16H2,1H3. The molecule has 1 saturated carbocycles. The third-order valence-electron chi connectivity index (χ3n) is 5.23. The van der Waals surface area contributed by atoms with Crippen LogP contribution in [0.25, 0.3) is 0 Å². The highest BCUT2D eigenvalue weighted by molar-refractivity contribution is 7.92. The molecule has 1 aliphatic rings. The second kappa shape index (κ2) is 8.51. The van der Waals surface area contributed by atoms with Crippen LogP contribution >= 0.6 is 0 Å². The fourth-order valence-corrected chi connectivity index (χ4v) is 4.38. The van der Waals surface area contributed by atoms with Gasteiger partial charge in [-0.25, -0.2) is 12.8 Å². The molecule has 0 aliphatic heterocycles. The summed E-state index contributed by atoms with van der Waals surface area (Å²) in [5, 5.41) is 0. The highest BCUT2D eigenvalue weighted by Gasteiger charge is 2.33. The van der Waals surface area contributed by atoms with Gasteiger partial charge in [-0.15, -0.1) is 0 Å². The van der Waals surface area contributed by atoms with E-state index in [1.54, 1.807) is 29.2 Å². The molecule has 0 saturated heterocycles. The Morgan fingerprint density at radius 2 is 1.58 bits per heavy atom. The Balaban J connectivity index is 1.50. The number of nitrogens with zero attached hydrogens (tertiary/aromatic N) is 1. The maximum absolute atomic E-state index is 13.2. The fraction of sp³-hybridized carbons (Fsp3) is 0.208. The molecule has 4 rings (SSSR count). The molecule has 1 N–H and O–H groups in total. The van der Waals surface area contributed by atoms with Crippen molar-refractivity contribution in [2.24, 2.45) is 0 Å². The number of amides is 1. The van der Waals surface area contributed by atoms with E-state index in [-0.39, 0.29) is 22.7 Å². The van der Waals surface area contributed by atoms with Gasteiger partial charge in [-0.05, 0) is 73.9 Å². The van der Waals surface area contributed by atoms with Gasteiger partial charge in [0.2, 0.25) is 0 Å². The average Bonchev–Trinajstić information content (AvgIpc) is 3.60. The first kappa shape index (κ1) is 21.1. The molecule has 1 amide bonds. The predicted molar refractivity (Wildman–Crippen MR) is 118 cm³/mol. The highest BCUT2D eigenvalue weighted by Crippen LogP contribution is 2.30. The first-order valence-electron chi connectivity index (χ1n) is 10.1. The zero-order valence-corrected chi connectivity index (χ0v) is 17.9. The summed E-state index contributed by atoms with van der Waals surface area (Å²) in [6, 6.07) is 19.3. The molecule has 0 atom stereocenters. The normalized spacial score (nSPS) is 13.6. The molecule has 3 aromatic rings. The third kappa shape index (κ3) is 5.11. The number of sulfonamides is 1. The Kier molecular flexibility index (Phi) is 5.78. The number of carbonyl (C=O) groups is 1. The van der Waals surface area contributed by atoms with E-state index in [0.29, 0.717) is 17.8 Å². The van der Waals surface area contributed by atoms with Crippen LogP contribution in [0.4, 0.5) is 10.1 Å². The third-order valence-corrected chi connectivity index (χ3v) is 6.63. The van der Waals surface area contributed by atoms with E-state index >= 15 is 0 Å². The average molecular weight is 439 g/mol. The second-order valence-electron chi connectivity index (χ2n) is 7.79. The number of halogens is 1. The van der Waals surface area contributed by atoms with Gasteiger partial charge in [0, 0.05) is 23.8 Å². The molecule has 3 aromatic carbocycles. The first-order chi connectivity index (χ1) is 14.8. The summed E-state index contributed by atoms with van der Waals surface area (Å²) in [5.41, 5.74) is 2.78. The molecule has 0 bridgehead atoms. The maximum atomic E-state index is 13.2. The van der Waals surface area contributed by atoms with Gasteiger partial charge in [0.05, 0.1) is 4.90 Å². The van der Waals surface area contributed by atoms with Gasteiger partial charge < -0.3 is 4.90 Å². The van der Waals surface area contributed by atoms with Crippen LogP contribution in [0.3, 0.4) is 0 Å². The van der Waals surface area contributed by atoms with Gasteiger partial charge in [0.25, 0.3) is 15.9 Å². The van der Waals surface area contributed by atoms with Crippen LogP contribution in [0.5, 0.6) is 0 Å². The van der Waals surface area contributed by atoms with Crippen LogP contribution < -0.4 is 4.72 Å². The van der Waals surface area contributed by atoms with Crippen LogP contribution in [0, 0.1) is 12.7 Å². The number of anilines is 1. The summed E-state index contributed by atoms with van der Waals surface area (Å²) < 4.78 is 41.0. The smallest absolute Gasteiger partial charge is 0.261 e. The maximum Gasteiger partial charge on any atom is 0.261 e. The van der Waals surface area contributed by atoms with Crippen molar-refractivity contribution in [1.82, 2.24) is 4.90 Å². The summed E-state index contributed by atoms with van der Waals surface area (Å²) >= 11 is 0. The van der Waals surface area contributed by atoms with Crippen LogP contribution in [0.2, 0.25) is 0 Å². The van der Waals surface area contributed by atoms with Gasteiger partial charge in [-0.3, -0.25) is 9.52 Å². The van der Waals surface area contributed by atoms with Crippen molar-refractivity contribution in [1.29, 1.82) is 0 Å².